The van der Waals surface area contributed by atoms with Gasteiger partial charge in [0.2, 0.25) is 0 Å². The van der Waals surface area contributed by atoms with E-state index in [4.69, 9.17) is 5.73 Å². The Kier molecular flexibility index (Phi) is 6.50. The van der Waals surface area contributed by atoms with Crippen molar-refractivity contribution in [1.29, 1.82) is 0 Å². The van der Waals surface area contributed by atoms with Crippen LogP contribution in [0.15, 0.2) is 0 Å². The fraction of sp³-hybridized carbons (Fsp3) is 1.00. The standard InChI is InChI=1S/C15H32N2/c1-4-6-9-12-17(3)15(13-16)11-8-7-10-14(15)5-2/h14H,4-13,16H2,1-3H3. The molecule has 1 rings (SSSR count). The van der Waals surface area contributed by atoms with Crippen molar-refractivity contribution < 1.29 is 0 Å². The normalized spacial score (nSPS) is 29.8. The Balaban J connectivity index is 2.63. The molecule has 1 fully saturated rings. The first-order valence-electron chi connectivity index (χ1n) is 7.62. The lowest BCUT2D eigenvalue weighted by Gasteiger charge is -2.50. The van der Waals surface area contributed by atoms with Gasteiger partial charge in [0, 0.05) is 12.1 Å². The number of hydrogen-bond donors (Lipinski definition) is 1. The van der Waals surface area contributed by atoms with Crippen LogP contribution in [-0.2, 0) is 0 Å². The Morgan fingerprint density at radius 1 is 1.24 bits per heavy atom. The van der Waals surface area contributed by atoms with E-state index in [0.717, 1.165) is 12.5 Å². The van der Waals surface area contributed by atoms with Gasteiger partial charge in [-0.15, -0.1) is 0 Å². The van der Waals surface area contributed by atoms with Gasteiger partial charge in [-0.25, -0.2) is 0 Å². The highest BCUT2D eigenvalue weighted by Gasteiger charge is 2.41. The Bertz CT molecular complexity index is 205. The van der Waals surface area contributed by atoms with Crippen molar-refractivity contribution in [3.63, 3.8) is 0 Å². The van der Waals surface area contributed by atoms with E-state index in [-0.39, 0.29) is 0 Å². The molecule has 2 atom stereocenters. The van der Waals surface area contributed by atoms with Crippen LogP contribution in [0.2, 0.25) is 0 Å². The molecule has 2 N–H and O–H groups in total. The zero-order valence-electron chi connectivity index (χ0n) is 12.2. The Morgan fingerprint density at radius 2 is 2.00 bits per heavy atom. The number of rotatable bonds is 7. The Hall–Kier alpha value is -0.0800. The van der Waals surface area contributed by atoms with Gasteiger partial charge in [0.15, 0.2) is 0 Å². The number of likely N-dealkylation sites (N-methyl/N-ethyl adjacent to an activating group) is 1. The molecule has 0 aromatic carbocycles. The molecule has 0 aromatic heterocycles. The number of nitrogens with two attached hydrogens (primary N) is 1. The molecule has 1 aliphatic rings. The molecule has 2 unspecified atom stereocenters. The van der Waals surface area contributed by atoms with Crippen LogP contribution < -0.4 is 5.73 Å². The average Bonchev–Trinajstić information content (AvgIpc) is 2.38. The second-order valence-corrected chi connectivity index (χ2v) is 5.79. The topological polar surface area (TPSA) is 29.3 Å². The van der Waals surface area contributed by atoms with Gasteiger partial charge in [0.1, 0.15) is 0 Å². The van der Waals surface area contributed by atoms with Crippen LogP contribution in [0.4, 0.5) is 0 Å². The van der Waals surface area contributed by atoms with Crippen molar-refractivity contribution >= 4 is 0 Å². The third-order valence-corrected chi connectivity index (χ3v) is 4.88. The Morgan fingerprint density at radius 3 is 2.59 bits per heavy atom. The van der Waals surface area contributed by atoms with Gasteiger partial charge in [0.25, 0.3) is 0 Å². The van der Waals surface area contributed by atoms with E-state index in [0.29, 0.717) is 5.54 Å². The van der Waals surface area contributed by atoms with E-state index >= 15 is 0 Å². The van der Waals surface area contributed by atoms with Crippen molar-refractivity contribution in [2.45, 2.75) is 70.8 Å². The summed E-state index contributed by atoms with van der Waals surface area (Å²) in [5.74, 6) is 0.813. The molecule has 1 saturated carbocycles. The predicted molar refractivity (Wildman–Crippen MR) is 76.2 cm³/mol. The quantitative estimate of drug-likeness (QED) is 0.691. The molecule has 0 bridgehead atoms. The summed E-state index contributed by atoms with van der Waals surface area (Å²) in [6.45, 7) is 6.67. The first-order valence-corrected chi connectivity index (χ1v) is 7.62. The van der Waals surface area contributed by atoms with Crippen LogP contribution in [0, 0.1) is 5.92 Å². The van der Waals surface area contributed by atoms with Gasteiger partial charge in [0.05, 0.1) is 0 Å². The maximum Gasteiger partial charge on any atom is 0.0356 e. The van der Waals surface area contributed by atoms with E-state index in [1.807, 2.05) is 0 Å². The summed E-state index contributed by atoms with van der Waals surface area (Å²) < 4.78 is 0. The largest absolute Gasteiger partial charge is 0.329 e. The summed E-state index contributed by atoms with van der Waals surface area (Å²) in [4.78, 5) is 2.59. The van der Waals surface area contributed by atoms with E-state index in [1.54, 1.807) is 0 Å². The molecule has 0 heterocycles. The molecule has 0 saturated heterocycles. The third-order valence-electron chi connectivity index (χ3n) is 4.88. The van der Waals surface area contributed by atoms with E-state index in [2.05, 4.69) is 25.8 Å². The molecular formula is C15H32N2. The molecule has 0 aliphatic heterocycles. The summed E-state index contributed by atoms with van der Waals surface area (Å²) in [5, 5.41) is 0. The van der Waals surface area contributed by atoms with Crippen molar-refractivity contribution in [3.8, 4) is 0 Å². The zero-order chi connectivity index (χ0) is 12.7. The second-order valence-electron chi connectivity index (χ2n) is 5.79. The van der Waals surface area contributed by atoms with Gasteiger partial charge in [-0.1, -0.05) is 46.0 Å². The van der Waals surface area contributed by atoms with Gasteiger partial charge >= 0.3 is 0 Å². The molecule has 0 radical (unpaired) electrons. The minimum atomic E-state index is 0.306. The van der Waals surface area contributed by atoms with E-state index in [1.165, 1.54) is 57.9 Å². The van der Waals surface area contributed by atoms with E-state index < -0.39 is 0 Å². The molecule has 17 heavy (non-hydrogen) atoms. The minimum Gasteiger partial charge on any atom is -0.329 e. The van der Waals surface area contributed by atoms with Crippen molar-refractivity contribution in [2.75, 3.05) is 20.1 Å². The number of nitrogens with zero attached hydrogens (tertiary/aromatic N) is 1. The second kappa shape index (κ2) is 7.38. The zero-order valence-corrected chi connectivity index (χ0v) is 12.2. The molecular weight excluding hydrogens is 208 g/mol. The SMILES string of the molecule is CCCCCN(C)C1(CN)CCCCC1CC. The monoisotopic (exact) mass is 240 g/mol. The molecule has 1 aliphatic carbocycles. The highest BCUT2D eigenvalue weighted by Crippen LogP contribution is 2.39. The lowest BCUT2D eigenvalue weighted by Crippen LogP contribution is -2.58. The first kappa shape index (κ1) is 15.0. The van der Waals surface area contributed by atoms with Crippen LogP contribution in [0.3, 0.4) is 0 Å². The van der Waals surface area contributed by atoms with Gasteiger partial charge < -0.3 is 5.73 Å². The molecule has 0 spiro atoms. The van der Waals surface area contributed by atoms with Crippen LogP contribution in [0.25, 0.3) is 0 Å². The lowest BCUT2D eigenvalue weighted by molar-refractivity contribution is 0.0224. The maximum absolute atomic E-state index is 6.17. The summed E-state index contributed by atoms with van der Waals surface area (Å²) in [6, 6.07) is 0. The summed E-state index contributed by atoms with van der Waals surface area (Å²) in [6.07, 6.45) is 10.7. The smallest absolute Gasteiger partial charge is 0.0356 e. The summed E-state index contributed by atoms with van der Waals surface area (Å²) in [5.41, 5.74) is 6.47. The molecule has 0 aromatic rings. The Labute approximate surface area is 108 Å². The van der Waals surface area contributed by atoms with Crippen LogP contribution in [0.1, 0.15) is 65.2 Å². The fourth-order valence-corrected chi connectivity index (χ4v) is 3.63. The molecule has 102 valence electrons. The minimum absolute atomic E-state index is 0.306. The number of unbranched alkanes of at least 4 members (excludes halogenated alkanes) is 2. The predicted octanol–water partition coefficient (Wildman–Crippen LogP) is 3.41. The highest BCUT2D eigenvalue weighted by atomic mass is 15.2. The fourth-order valence-electron chi connectivity index (χ4n) is 3.63. The van der Waals surface area contributed by atoms with Crippen molar-refractivity contribution in [2.24, 2.45) is 11.7 Å². The summed E-state index contributed by atoms with van der Waals surface area (Å²) in [7, 11) is 2.30. The van der Waals surface area contributed by atoms with Gasteiger partial charge in [-0.3, -0.25) is 4.90 Å². The van der Waals surface area contributed by atoms with Crippen LogP contribution >= 0.6 is 0 Å². The average molecular weight is 240 g/mol. The molecule has 0 amide bonds. The third kappa shape index (κ3) is 3.45. The van der Waals surface area contributed by atoms with Crippen molar-refractivity contribution in [1.82, 2.24) is 4.90 Å². The van der Waals surface area contributed by atoms with Crippen molar-refractivity contribution in [3.05, 3.63) is 0 Å². The molecule has 2 nitrogen and oxygen atoms in total. The molecule has 2 heteroatoms. The maximum atomic E-state index is 6.17. The lowest BCUT2D eigenvalue weighted by atomic mass is 9.70. The van der Waals surface area contributed by atoms with E-state index in [9.17, 15) is 0 Å². The van der Waals surface area contributed by atoms with Gasteiger partial charge in [-0.2, -0.15) is 0 Å². The highest BCUT2D eigenvalue weighted by molar-refractivity contribution is 4.98. The first-order chi connectivity index (χ1) is 8.21. The number of hydrogen-bond acceptors (Lipinski definition) is 2. The van der Waals surface area contributed by atoms with Crippen LogP contribution in [-0.4, -0.2) is 30.6 Å². The van der Waals surface area contributed by atoms with Gasteiger partial charge in [-0.05, 0) is 38.8 Å². The summed E-state index contributed by atoms with van der Waals surface area (Å²) >= 11 is 0. The van der Waals surface area contributed by atoms with Crippen LogP contribution in [0.5, 0.6) is 0 Å².